The maximum absolute atomic E-state index is 9.33. The number of anilines is 1. The number of ether oxygens (including phenoxy) is 1. The molecule has 0 bridgehead atoms. The molecular weight excluding hydrogens is 276 g/mol. The first-order chi connectivity index (χ1) is 10.8. The summed E-state index contributed by atoms with van der Waals surface area (Å²) in [5.74, 6) is 0. The van der Waals surface area contributed by atoms with Crippen molar-refractivity contribution >= 4 is 16.6 Å². The van der Waals surface area contributed by atoms with Crippen molar-refractivity contribution in [3.63, 3.8) is 0 Å². The maximum atomic E-state index is 9.33. The minimum absolute atomic E-state index is 0.391. The van der Waals surface area contributed by atoms with Crippen LogP contribution in [0.3, 0.4) is 0 Å². The number of nitrogens with one attached hydrogen (secondary N) is 1. The molecule has 22 heavy (non-hydrogen) atoms. The first-order valence-electron chi connectivity index (χ1n) is 7.63. The molecule has 0 aliphatic carbocycles. The second-order valence-electron chi connectivity index (χ2n) is 5.55. The van der Waals surface area contributed by atoms with Gasteiger partial charge in [-0.3, -0.25) is 9.88 Å². The van der Waals surface area contributed by atoms with Crippen molar-refractivity contribution in [3.05, 3.63) is 36.0 Å². The number of fused-ring (bicyclic) bond motifs is 1. The minimum atomic E-state index is 0.391. The Morgan fingerprint density at radius 2 is 2.14 bits per heavy atom. The molecule has 0 amide bonds. The fourth-order valence-corrected chi connectivity index (χ4v) is 2.81. The Bertz CT molecular complexity index is 689. The van der Waals surface area contributed by atoms with Crippen LogP contribution in [0.2, 0.25) is 0 Å². The lowest BCUT2D eigenvalue weighted by Crippen LogP contribution is -2.45. The normalized spacial score (nSPS) is 17.1. The number of benzene rings is 1. The van der Waals surface area contributed by atoms with E-state index in [9.17, 15) is 5.26 Å². The monoisotopic (exact) mass is 296 g/mol. The molecule has 1 aromatic carbocycles. The average Bonchev–Trinajstić information content (AvgIpc) is 2.60. The van der Waals surface area contributed by atoms with Gasteiger partial charge in [-0.25, -0.2) is 0 Å². The summed E-state index contributed by atoms with van der Waals surface area (Å²) in [5.41, 5.74) is 2.38. The fourth-order valence-electron chi connectivity index (χ4n) is 2.81. The Hall–Kier alpha value is -2.16. The van der Waals surface area contributed by atoms with Crippen LogP contribution in [0.5, 0.6) is 0 Å². The molecule has 5 nitrogen and oxygen atoms in total. The molecule has 3 rings (SSSR count). The zero-order valence-electron chi connectivity index (χ0n) is 12.7. The van der Waals surface area contributed by atoms with Crippen LogP contribution in [0.25, 0.3) is 10.9 Å². The molecule has 114 valence electrons. The average molecular weight is 296 g/mol. The number of hydrogen-bond donors (Lipinski definition) is 1. The number of hydrogen-bond acceptors (Lipinski definition) is 5. The summed E-state index contributed by atoms with van der Waals surface area (Å²) in [5, 5.41) is 13.8. The third-order valence-electron chi connectivity index (χ3n) is 4.14. The van der Waals surface area contributed by atoms with Crippen LogP contribution in [0.15, 0.2) is 30.5 Å². The first-order valence-corrected chi connectivity index (χ1v) is 7.63. The Kier molecular flexibility index (Phi) is 4.52. The summed E-state index contributed by atoms with van der Waals surface area (Å²) >= 11 is 0. The summed E-state index contributed by atoms with van der Waals surface area (Å²) in [6.07, 6.45) is 1.64. The lowest BCUT2D eigenvalue weighted by Gasteiger charge is -2.32. The van der Waals surface area contributed by atoms with Crippen LogP contribution in [0.1, 0.15) is 12.5 Å². The fraction of sp³-hybridized carbons (Fsp3) is 0.412. The third kappa shape index (κ3) is 3.03. The third-order valence-corrected chi connectivity index (χ3v) is 4.14. The smallest absolute Gasteiger partial charge is 0.103 e. The molecule has 0 spiro atoms. The molecule has 1 aliphatic heterocycles. The summed E-state index contributed by atoms with van der Waals surface area (Å²) in [6.45, 7) is 6.52. The van der Waals surface area contributed by atoms with Gasteiger partial charge in [0.05, 0.1) is 30.0 Å². The second-order valence-corrected chi connectivity index (χ2v) is 5.55. The van der Waals surface area contributed by atoms with Crippen molar-refractivity contribution in [2.75, 3.05) is 38.2 Å². The highest BCUT2D eigenvalue weighted by molar-refractivity contribution is 5.93. The standard InChI is InChI=1S/C17H20N4O/c1-13(21-6-8-22-9-7-21)11-20-17-14(10-18)12-19-16-5-3-2-4-15(16)17/h2-5,12-13H,6-9,11H2,1H3,(H,19,20). The van der Waals surface area contributed by atoms with Crippen molar-refractivity contribution in [1.29, 1.82) is 5.26 Å². The van der Waals surface area contributed by atoms with E-state index in [4.69, 9.17) is 4.74 Å². The lowest BCUT2D eigenvalue weighted by molar-refractivity contribution is 0.0227. The van der Waals surface area contributed by atoms with Crippen molar-refractivity contribution < 1.29 is 4.74 Å². The van der Waals surface area contributed by atoms with Gasteiger partial charge in [0.25, 0.3) is 0 Å². The van der Waals surface area contributed by atoms with E-state index in [0.717, 1.165) is 49.4 Å². The number of pyridine rings is 1. The molecule has 0 radical (unpaired) electrons. The van der Waals surface area contributed by atoms with Crippen molar-refractivity contribution in [1.82, 2.24) is 9.88 Å². The highest BCUT2D eigenvalue weighted by Gasteiger charge is 2.17. The molecule has 1 aromatic heterocycles. The van der Waals surface area contributed by atoms with E-state index in [2.05, 4.69) is 28.2 Å². The molecule has 1 saturated heterocycles. The van der Waals surface area contributed by atoms with E-state index in [1.807, 2.05) is 24.3 Å². The van der Waals surface area contributed by atoms with Crippen LogP contribution >= 0.6 is 0 Å². The highest BCUT2D eigenvalue weighted by Crippen LogP contribution is 2.25. The Labute approximate surface area is 130 Å². The topological polar surface area (TPSA) is 61.2 Å². The molecule has 5 heteroatoms. The number of aromatic nitrogens is 1. The molecule has 0 saturated carbocycles. The van der Waals surface area contributed by atoms with E-state index < -0.39 is 0 Å². The molecule has 1 aliphatic rings. The highest BCUT2D eigenvalue weighted by atomic mass is 16.5. The van der Waals surface area contributed by atoms with Crippen LogP contribution in [-0.4, -0.2) is 48.8 Å². The van der Waals surface area contributed by atoms with Gasteiger partial charge in [-0.2, -0.15) is 5.26 Å². The van der Waals surface area contributed by atoms with Gasteiger partial charge in [0.1, 0.15) is 6.07 Å². The van der Waals surface area contributed by atoms with Gasteiger partial charge in [0, 0.05) is 37.3 Å². The number of rotatable bonds is 4. The van der Waals surface area contributed by atoms with E-state index in [1.54, 1.807) is 6.20 Å². The molecule has 1 N–H and O–H groups in total. The van der Waals surface area contributed by atoms with Crippen LogP contribution in [-0.2, 0) is 4.74 Å². The van der Waals surface area contributed by atoms with E-state index >= 15 is 0 Å². The second kappa shape index (κ2) is 6.73. The predicted molar refractivity (Wildman–Crippen MR) is 86.8 cm³/mol. The Morgan fingerprint density at radius 3 is 2.91 bits per heavy atom. The molecule has 1 fully saturated rings. The predicted octanol–water partition coefficient (Wildman–Crippen LogP) is 2.24. The van der Waals surface area contributed by atoms with Gasteiger partial charge in [-0.05, 0) is 13.0 Å². The molecular formula is C17H20N4O. The largest absolute Gasteiger partial charge is 0.382 e. The van der Waals surface area contributed by atoms with Crippen LogP contribution < -0.4 is 5.32 Å². The van der Waals surface area contributed by atoms with Crippen molar-refractivity contribution in [2.24, 2.45) is 0 Å². The molecule has 2 aromatic rings. The summed E-state index contributed by atoms with van der Waals surface area (Å²) < 4.78 is 5.39. The van der Waals surface area contributed by atoms with E-state index in [1.165, 1.54) is 0 Å². The van der Waals surface area contributed by atoms with Crippen molar-refractivity contribution in [3.8, 4) is 6.07 Å². The van der Waals surface area contributed by atoms with Crippen LogP contribution in [0, 0.1) is 11.3 Å². The molecule has 1 atom stereocenters. The van der Waals surface area contributed by atoms with Crippen LogP contribution in [0.4, 0.5) is 5.69 Å². The Morgan fingerprint density at radius 1 is 1.36 bits per heavy atom. The minimum Gasteiger partial charge on any atom is -0.382 e. The zero-order chi connectivity index (χ0) is 15.4. The van der Waals surface area contributed by atoms with Gasteiger partial charge >= 0.3 is 0 Å². The van der Waals surface area contributed by atoms with Crippen molar-refractivity contribution in [2.45, 2.75) is 13.0 Å². The quantitative estimate of drug-likeness (QED) is 0.937. The molecule has 2 heterocycles. The van der Waals surface area contributed by atoms with Gasteiger partial charge in [0.2, 0.25) is 0 Å². The SMILES string of the molecule is CC(CNc1c(C#N)cnc2ccccc12)N1CCOCC1. The van der Waals surface area contributed by atoms with E-state index in [0.29, 0.717) is 11.6 Å². The Balaban J connectivity index is 1.79. The maximum Gasteiger partial charge on any atom is 0.103 e. The van der Waals surface area contributed by atoms with Gasteiger partial charge in [-0.15, -0.1) is 0 Å². The summed E-state index contributed by atoms with van der Waals surface area (Å²) in [7, 11) is 0. The summed E-state index contributed by atoms with van der Waals surface area (Å²) in [4.78, 5) is 6.75. The summed E-state index contributed by atoms with van der Waals surface area (Å²) in [6, 6.07) is 10.5. The zero-order valence-corrected chi connectivity index (χ0v) is 12.7. The number of morpholine rings is 1. The number of para-hydroxylation sites is 1. The first kappa shape index (κ1) is 14.8. The van der Waals surface area contributed by atoms with Gasteiger partial charge < -0.3 is 10.1 Å². The number of nitriles is 1. The van der Waals surface area contributed by atoms with Gasteiger partial charge in [0.15, 0.2) is 0 Å². The lowest BCUT2D eigenvalue weighted by atomic mass is 10.1. The van der Waals surface area contributed by atoms with Gasteiger partial charge in [-0.1, -0.05) is 18.2 Å². The number of nitrogens with zero attached hydrogens (tertiary/aromatic N) is 3. The van der Waals surface area contributed by atoms with E-state index in [-0.39, 0.29) is 0 Å². The molecule has 1 unspecified atom stereocenters.